The predicted octanol–water partition coefficient (Wildman–Crippen LogP) is 3.31. The van der Waals surface area contributed by atoms with Crippen LogP contribution in [0.15, 0.2) is 18.2 Å². The van der Waals surface area contributed by atoms with E-state index in [1.54, 1.807) is 14.2 Å². The second-order valence-corrected chi connectivity index (χ2v) is 10.2. The summed E-state index contributed by atoms with van der Waals surface area (Å²) in [5.41, 5.74) is -0.191. The zero-order chi connectivity index (χ0) is 22.0. The smallest absolute Gasteiger partial charge is 0.318 e. The van der Waals surface area contributed by atoms with Gasteiger partial charge in [0.2, 0.25) is 0 Å². The molecule has 2 amide bonds. The molecule has 4 atom stereocenters. The third kappa shape index (κ3) is 2.92. The summed E-state index contributed by atoms with van der Waals surface area (Å²) < 4.78 is 16.2. The lowest BCUT2D eigenvalue weighted by Gasteiger charge is -2.61. The zero-order valence-electron chi connectivity index (χ0n) is 18.8. The van der Waals surface area contributed by atoms with E-state index in [1.165, 1.54) is 13.5 Å². The molecule has 4 unspecified atom stereocenters. The summed E-state index contributed by atoms with van der Waals surface area (Å²) in [5, 5.41) is 3.21. The number of amides is 2. The third-order valence-electron chi connectivity index (χ3n) is 8.34. The average molecular weight is 429 g/mol. The minimum Gasteiger partial charge on any atom is -0.493 e. The lowest BCUT2D eigenvalue weighted by Crippen LogP contribution is -2.65. The lowest BCUT2D eigenvalue weighted by atomic mass is 9.47. The van der Waals surface area contributed by atoms with Crippen LogP contribution in [0, 0.1) is 23.2 Å². The average Bonchev–Trinajstić information content (AvgIpc) is 3.06. The van der Waals surface area contributed by atoms with Crippen LogP contribution in [0.4, 0.5) is 4.79 Å². The molecule has 6 rings (SSSR count). The highest BCUT2D eigenvalue weighted by Crippen LogP contribution is 2.62. The van der Waals surface area contributed by atoms with Crippen molar-refractivity contribution in [1.82, 2.24) is 10.2 Å². The molecule has 1 aromatic carbocycles. The van der Waals surface area contributed by atoms with Crippen molar-refractivity contribution in [3.05, 3.63) is 23.8 Å². The van der Waals surface area contributed by atoms with Crippen molar-refractivity contribution in [2.75, 3.05) is 27.9 Å². The van der Waals surface area contributed by atoms with Gasteiger partial charge in [-0.2, -0.15) is 0 Å². The van der Waals surface area contributed by atoms with Crippen molar-refractivity contribution < 1.29 is 23.8 Å². The SMILES string of the molecule is COC(=O)C12CC3CC(CC(C3)C1N1CC(C)(c3ccc(OC)c(OC)c3)NC1=O)C2. The monoisotopic (exact) mass is 428 g/mol. The highest BCUT2D eigenvalue weighted by atomic mass is 16.5. The van der Waals surface area contributed by atoms with E-state index in [-0.39, 0.29) is 18.0 Å². The van der Waals surface area contributed by atoms with Gasteiger partial charge in [0.1, 0.15) is 0 Å². The molecule has 0 aromatic heterocycles. The quantitative estimate of drug-likeness (QED) is 0.728. The molecule has 5 fully saturated rings. The standard InChI is InChI=1S/C24H32N2O5/c1-23(17-5-6-18(29-2)19(10-17)30-3)13-26(22(28)25-23)20-16-8-14-7-15(9-16)12-24(20,11-14)21(27)31-4/h5-6,10,14-16,20H,7-9,11-13H2,1-4H3,(H,25,28). The van der Waals surface area contributed by atoms with E-state index in [0.717, 1.165) is 31.2 Å². The first-order chi connectivity index (χ1) is 14.8. The highest BCUT2D eigenvalue weighted by Gasteiger charge is 2.65. The van der Waals surface area contributed by atoms with E-state index in [2.05, 4.69) is 5.32 Å². The molecule has 1 N–H and O–H groups in total. The van der Waals surface area contributed by atoms with Gasteiger partial charge in [0.05, 0.1) is 38.3 Å². The number of nitrogens with zero attached hydrogens (tertiary/aromatic N) is 1. The molecule has 1 aliphatic heterocycles. The first-order valence-corrected chi connectivity index (χ1v) is 11.2. The molecule has 7 nitrogen and oxygen atoms in total. The molecule has 4 aliphatic carbocycles. The minimum absolute atomic E-state index is 0.0990. The van der Waals surface area contributed by atoms with Crippen LogP contribution in [-0.4, -0.2) is 50.8 Å². The number of carbonyl (C=O) groups excluding carboxylic acids is 2. The van der Waals surface area contributed by atoms with Crippen LogP contribution in [0.3, 0.4) is 0 Å². The van der Waals surface area contributed by atoms with Crippen LogP contribution in [0.2, 0.25) is 0 Å². The van der Waals surface area contributed by atoms with Gasteiger partial charge in [-0.15, -0.1) is 0 Å². The molecule has 168 valence electrons. The van der Waals surface area contributed by atoms with E-state index < -0.39 is 11.0 Å². The Kier molecular flexibility index (Phi) is 4.65. The van der Waals surface area contributed by atoms with Gasteiger partial charge in [0.15, 0.2) is 11.5 Å². The van der Waals surface area contributed by atoms with Crippen LogP contribution in [0.25, 0.3) is 0 Å². The molecule has 1 saturated heterocycles. The van der Waals surface area contributed by atoms with Crippen LogP contribution in [0.1, 0.15) is 44.6 Å². The van der Waals surface area contributed by atoms with Crippen molar-refractivity contribution in [2.45, 2.75) is 50.6 Å². The van der Waals surface area contributed by atoms with Gasteiger partial charge in [-0.1, -0.05) is 6.07 Å². The Balaban J connectivity index is 1.49. The molecular formula is C24H32N2O5. The Morgan fingerprint density at radius 3 is 2.35 bits per heavy atom. The summed E-state index contributed by atoms with van der Waals surface area (Å²) in [6.07, 6.45) is 5.12. The largest absolute Gasteiger partial charge is 0.493 e. The molecule has 31 heavy (non-hydrogen) atoms. The topological polar surface area (TPSA) is 77.1 Å². The van der Waals surface area contributed by atoms with Crippen molar-refractivity contribution in [1.29, 1.82) is 0 Å². The number of methoxy groups -OCH3 is 3. The number of nitrogens with one attached hydrogen (secondary N) is 1. The number of carbonyl (C=O) groups is 2. The Bertz CT molecular complexity index is 903. The molecule has 1 heterocycles. The molecule has 1 aromatic rings. The zero-order valence-corrected chi connectivity index (χ0v) is 18.8. The van der Waals surface area contributed by atoms with Gasteiger partial charge in [0, 0.05) is 6.54 Å². The van der Waals surface area contributed by atoms with Crippen molar-refractivity contribution in [3.63, 3.8) is 0 Å². The molecule has 5 aliphatic rings. The molecule has 4 bridgehead atoms. The van der Waals surface area contributed by atoms with Gasteiger partial charge < -0.3 is 24.4 Å². The number of benzene rings is 1. The Hall–Kier alpha value is -2.44. The molecule has 0 spiro atoms. The number of hydrogen-bond acceptors (Lipinski definition) is 5. The Morgan fingerprint density at radius 1 is 1.06 bits per heavy atom. The number of urea groups is 1. The van der Waals surface area contributed by atoms with Gasteiger partial charge in [0.25, 0.3) is 0 Å². The molecule has 0 radical (unpaired) electrons. The third-order valence-corrected chi connectivity index (χ3v) is 8.34. The number of ether oxygens (including phenoxy) is 3. The summed E-state index contributed by atoms with van der Waals surface area (Å²) in [5.74, 6) is 2.68. The van der Waals surface area contributed by atoms with Crippen LogP contribution < -0.4 is 14.8 Å². The van der Waals surface area contributed by atoms with Crippen LogP contribution in [-0.2, 0) is 15.1 Å². The summed E-state index contributed by atoms with van der Waals surface area (Å²) >= 11 is 0. The van der Waals surface area contributed by atoms with E-state index >= 15 is 0 Å². The number of hydrogen-bond donors (Lipinski definition) is 1. The van der Waals surface area contributed by atoms with Crippen LogP contribution in [0.5, 0.6) is 11.5 Å². The van der Waals surface area contributed by atoms with E-state index in [1.807, 2.05) is 30.0 Å². The maximum atomic E-state index is 13.3. The molecule has 4 saturated carbocycles. The lowest BCUT2D eigenvalue weighted by molar-refractivity contribution is -0.181. The second kappa shape index (κ2) is 7.04. The predicted molar refractivity (Wildman–Crippen MR) is 114 cm³/mol. The van der Waals surface area contributed by atoms with E-state index in [0.29, 0.717) is 35.8 Å². The fourth-order valence-electron chi connectivity index (χ4n) is 7.38. The van der Waals surface area contributed by atoms with Gasteiger partial charge in [-0.3, -0.25) is 4.79 Å². The first kappa shape index (κ1) is 20.5. The fraction of sp³-hybridized carbons (Fsp3) is 0.667. The van der Waals surface area contributed by atoms with Gasteiger partial charge in [-0.05, 0) is 74.5 Å². The maximum absolute atomic E-state index is 13.3. The maximum Gasteiger partial charge on any atom is 0.318 e. The van der Waals surface area contributed by atoms with E-state index in [4.69, 9.17) is 14.2 Å². The summed E-state index contributed by atoms with van der Waals surface area (Å²) in [7, 11) is 4.70. The Labute approximate surface area is 183 Å². The van der Waals surface area contributed by atoms with Crippen molar-refractivity contribution in [2.24, 2.45) is 23.2 Å². The van der Waals surface area contributed by atoms with Gasteiger partial charge >= 0.3 is 12.0 Å². The summed E-state index contributed by atoms with van der Waals surface area (Å²) in [6, 6.07) is 5.56. The highest BCUT2D eigenvalue weighted by molar-refractivity contribution is 5.83. The number of rotatable bonds is 5. The summed E-state index contributed by atoms with van der Waals surface area (Å²) in [6.45, 7) is 2.55. The van der Waals surface area contributed by atoms with Gasteiger partial charge in [-0.25, -0.2) is 4.79 Å². The normalized spacial score (nSPS) is 38.2. The minimum atomic E-state index is -0.581. The van der Waals surface area contributed by atoms with Crippen molar-refractivity contribution >= 4 is 12.0 Å². The van der Waals surface area contributed by atoms with Crippen LogP contribution >= 0.6 is 0 Å². The first-order valence-electron chi connectivity index (χ1n) is 11.2. The Morgan fingerprint density at radius 2 is 1.74 bits per heavy atom. The summed E-state index contributed by atoms with van der Waals surface area (Å²) in [4.78, 5) is 28.4. The second-order valence-electron chi connectivity index (χ2n) is 10.2. The number of esters is 1. The molecular weight excluding hydrogens is 396 g/mol. The fourth-order valence-corrected chi connectivity index (χ4v) is 7.38. The molecule has 7 heteroatoms. The van der Waals surface area contributed by atoms with E-state index in [9.17, 15) is 9.59 Å². The van der Waals surface area contributed by atoms with Crippen molar-refractivity contribution in [3.8, 4) is 11.5 Å².